The molecule has 2 aliphatic heterocycles. The van der Waals surface area contributed by atoms with Gasteiger partial charge in [-0.25, -0.2) is 8.42 Å². The van der Waals surface area contributed by atoms with E-state index in [1.165, 1.54) is 16.4 Å². The molecule has 0 spiro atoms. The maximum atomic E-state index is 13.0. The van der Waals surface area contributed by atoms with Crippen molar-refractivity contribution in [3.63, 3.8) is 0 Å². The normalized spacial score (nSPS) is 17.8. The first kappa shape index (κ1) is 19.7. The third kappa shape index (κ3) is 4.36. The fourth-order valence-electron chi connectivity index (χ4n) is 3.39. The van der Waals surface area contributed by atoms with Gasteiger partial charge in [0.15, 0.2) is 23.9 Å². The molecule has 1 aromatic heterocycles. The van der Waals surface area contributed by atoms with Crippen LogP contribution in [0.5, 0.6) is 11.5 Å². The highest BCUT2D eigenvalue weighted by Gasteiger charge is 2.32. The van der Waals surface area contributed by atoms with Crippen molar-refractivity contribution in [3.05, 3.63) is 30.0 Å². The Bertz CT molecular complexity index is 998. The van der Waals surface area contributed by atoms with Gasteiger partial charge in [0.2, 0.25) is 10.0 Å². The summed E-state index contributed by atoms with van der Waals surface area (Å²) in [5.74, 6) is 1.81. The predicted molar refractivity (Wildman–Crippen MR) is 102 cm³/mol. The number of sulfonamides is 1. The Morgan fingerprint density at radius 3 is 2.59 bits per heavy atom. The van der Waals surface area contributed by atoms with E-state index in [1.54, 1.807) is 19.1 Å². The number of aryl methyl sites for hydroxylation is 1. The van der Waals surface area contributed by atoms with E-state index >= 15 is 0 Å². The molecule has 1 amide bonds. The van der Waals surface area contributed by atoms with E-state index in [0.29, 0.717) is 62.5 Å². The predicted octanol–water partition coefficient (Wildman–Crippen LogP) is -0.718. The number of anilines is 1. The molecule has 0 unspecified atom stereocenters. The second kappa shape index (κ2) is 8.01. The van der Waals surface area contributed by atoms with Crippen LogP contribution >= 0.6 is 0 Å². The Balaban J connectivity index is 1.34. The summed E-state index contributed by atoms with van der Waals surface area (Å²) in [5.41, 5.74) is 0. The van der Waals surface area contributed by atoms with Crippen molar-refractivity contribution in [3.8, 4) is 11.5 Å². The summed E-state index contributed by atoms with van der Waals surface area (Å²) in [5, 5.41) is 6.42. The van der Waals surface area contributed by atoms with E-state index in [-0.39, 0.29) is 17.3 Å². The Morgan fingerprint density at radius 1 is 1.17 bits per heavy atom. The average Bonchev–Trinajstić information content (AvgIpc) is 3.12. The van der Waals surface area contributed by atoms with Crippen molar-refractivity contribution in [1.82, 2.24) is 9.46 Å². The van der Waals surface area contributed by atoms with E-state index < -0.39 is 10.0 Å². The van der Waals surface area contributed by atoms with Gasteiger partial charge in [-0.05, 0) is 19.1 Å². The van der Waals surface area contributed by atoms with Crippen LogP contribution in [0.4, 0.5) is 5.82 Å². The van der Waals surface area contributed by atoms with Gasteiger partial charge >= 0.3 is 0 Å². The van der Waals surface area contributed by atoms with Crippen molar-refractivity contribution in [2.75, 3.05) is 51.3 Å². The largest absolute Gasteiger partial charge is 0.486 e. The molecule has 2 aromatic rings. The highest BCUT2D eigenvalue weighted by Crippen LogP contribution is 2.33. The quantitative estimate of drug-likeness (QED) is 0.652. The topological polar surface area (TPSA) is 115 Å². The zero-order chi connectivity index (χ0) is 20.4. The van der Waals surface area contributed by atoms with Gasteiger partial charge in [0.1, 0.15) is 19.0 Å². The number of nitrogens with zero attached hydrogens (tertiary/aromatic N) is 2. The van der Waals surface area contributed by atoms with Crippen molar-refractivity contribution in [2.45, 2.75) is 11.8 Å². The molecule has 11 heteroatoms. The van der Waals surface area contributed by atoms with Crippen LogP contribution in [0.1, 0.15) is 5.76 Å². The number of fused-ring (bicyclic) bond motifs is 1. The molecular formula is C18H23N4O6S+. The molecule has 0 aliphatic carbocycles. The summed E-state index contributed by atoms with van der Waals surface area (Å²) in [4.78, 5) is 13.4. The molecule has 1 fully saturated rings. The zero-order valence-electron chi connectivity index (χ0n) is 16.0. The SMILES string of the molecule is Cc1cc(NC(=O)C[NH+]2CCN(S(=O)(=O)c3ccc4c(c3)OCCO4)CC2)no1. The highest BCUT2D eigenvalue weighted by molar-refractivity contribution is 7.89. The minimum Gasteiger partial charge on any atom is -0.486 e. The van der Waals surface area contributed by atoms with Crippen molar-refractivity contribution in [1.29, 1.82) is 0 Å². The molecule has 29 heavy (non-hydrogen) atoms. The minimum atomic E-state index is -3.63. The van der Waals surface area contributed by atoms with Crippen LogP contribution in [-0.4, -0.2) is 69.7 Å². The molecule has 1 saturated heterocycles. The number of carbonyl (C=O) groups is 1. The first-order valence-electron chi connectivity index (χ1n) is 9.38. The number of rotatable bonds is 5. The number of carbonyl (C=O) groups excluding carboxylic acids is 1. The highest BCUT2D eigenvalue weighted by atomic mass is 32.2. The molecule has 4 rings (SSSR count). The van der Waals surface area contributed by atoms with Crippen LogP contribution in [0, 0.1) is 6.92 Å². The average molecular weight is 423 g/mol. The van der Waals surface area contributed by atoms with Crippen LogP contribution in [0.3, 0.4) is 0 Å². The standard InChI is InChI=1S/C18H22N4O6S/c1-13-10-17(20-28-13)19-18(23)12-21-4-6-22(7-5-21)29(24,25)14-2-3-15-16(11-14)27-9-8-26-15/h2-3,10-11H,4-9,12H2,1H3,(H,19,20,23)/p+1. The van der Waals surface area contributed by atoms with Crippen molar-refractivity contribution >= 4 is 21.7 Å². The number of quaternary nitrogens is 1. The summed E-state index contributed by atoms with van der Waals surface area (Å²) in [6.45, 7) is 4.58. The second-order valence-corrected chi connectivity index (χ2v) is 8.95. The monoisotopic (exact) mass is 423 g/mol. The lowest BCUT2D eigenvalue weighted by Crippen LogP contribution is -3.15. The lowest BCUT2D eigenvalue weighted by molar-refractivity contribution is -0.895. The lowest BCUT2D eigenvalue weighted by atomic mass is 10.3. The van der Waals surface area contributed by atoms with Crippen LogP contribution in [0.25, 0.3) is 0 Å². The number of amides is 1. The zero-order valence-corrected chi connectivity index (χ0v) is 16.8. The van der Waals surface area contributed by atoms with Gasteiger partial charge in [-0.2, -0.15) is 4.31 Å². The fourth-order valence-corrected chi connectivity index (χ4v) is 4.85. The summed E-state index contributed by atoms with van der Waals surface area (Å²) in [6.07, 6.45) is 0. The number of piperazine rings is 1. The molecule has 0 saturated carbocycles. The Labute approximate surface area is 168 Å². The first-order chi connectivity index (χ1) is 13.9. The number of ether oxygens (including phenoxy) is 2. The number of hydrogen-bond donors (Lipinski definition) is 2. The maximum Gasteiger partial charge on any atom is 0.280 e. The Kier molecular flexibility index (Phi) is 5.43. The van der Waals surface area contributed by atoms with Crippen molar-refractivity contribution < 1.29 is 32.1 Å². The summed E-state index contributed by atoms with van der Waals surface area (Å²) in [7, 11) is -3.63. The summed E-state index contributed by atoms with van der Waals surface area (Å²) < 4.78 is 43.2. The van der Waals surface area contributed by atoms with Gasteiger partial charge in [-0.3, -0.25) is 4.79 Å². The van der Waals surface area contributed by atoms with Gasteiger partial charge in [0.05, 0.1) is 31.1 Å². The van der Waals surface area contributed by atoms with Gasteiger partial charge in [-0.15, -0.1) is 0 Å². The molecular weight excluding hydrogens is 400 g/mol. The van der Waals surface area contributed by atoms with Crippen molar-refractivity contribution in [2.24, 2.45) is 0 Å². The second-order valence-electron chi connectivity index (χ2n) is 7.01. The maximum absolute atomic E-state index is 13.0. The molecule has 0 radical (unpaired) electrons. The van der Waals surface area contributed by atoms with Crippen LogP contribution in [0.15, 0.2) is 33.7 Å². The van der Waals surface area contributed by atoms with E-state index in [4.69, 9.17) is 14.0 Å². The van der Waals surface area contributed by atoms with Gasteiger partial charge < -0.3 is 24.2 Å². The molecule has 0 bridgehead atoms. The molecule has 156 valence electrons. The minimum absolute atomic E-state index is 0.184. The number of nitrogens with one attached hydrogen (secondary N) is 2. The number of aromatic nitrogens is 1. The van der Waals surface area contributed by atoms with Gasteiger partial charge in [-0.1, -0.05) is 5.16 Å². The number of hydrogen-bond acceptors (Lipinski definition) is 7. The fraction of sp³-hybridized carbons (Fsp3) is 0.444. The summed E-state index contributed by atoms with van der Waals surface area (Å²) in [6, 6.07) is 6.32. The number of benzene rings is 1. The lowest BCUT2D eigenvalue weighted by Gasteiger charge is -2.31. The van der Waals surface area contributed by atoms with Gasteiger partial charge in [0, 0.05) is 12.1 Å². The molecule has 2 aliphatic rings. The Morgan fingerprint density at radius 2 is 1.90 bits per heavy atom. The van der Waals surface area contributed by atoms with E-state index in [0.717, 1.165) is 4.90 Å². The van der Waals surface area contributed by atoms with E-state index in [2.05, 4.69) is 10.5 Å². The molecule has 10 nitrogen and oxygen atoms in total. The van der Waals surface area contributed by atoms with Crippen LogP contribution in [-0.2, 0) is 14.8 Å². The van der Waals surface area contributed by atoms with Crippen LogP contribution < -0.4 is 19.7 Å². The van der Waals surface area contributed by atoms with E-state index in [1.807, 2.05) is 0 Å². The molecule has 2 N–H and O–H groups in total. The third-order valence-corrected chi connectivity index (χ3v) is 6.78. The van der Waals surface area contributed by atoms with Gasteiger partial charge in [0.25, 0.3) is 5.91 Å². The Hall–Kier alpha value is -2.63. The summed E-state index contributed by atoms with van der Waals surface area (Å²) >= 11 is 0. The van der Waals surface area contributed by atoms with E-state index in [9.17, 15) is 13.2 Å². The third-order valence-electron chi connectivity index (χ3n) is 4.89. The molecule has 3 heterocycles. The first-order valence-corrected chi connectivity index (χ1v) is 10.8. The smallest absolute Gasteiger partial charge is 0.280 e. The molecule has 1 aromatic carbocycles. The van der Waals surface area contributed by atoms with Crippen LogP contribution in [0.2, 0.25) is 0 Å². The molecule has 0 atom stereocenters.